The van der Waals surface area contributed by atoms with E-state index in [1.54, 1.807) is 4.90 Å². The maximum atomic E-state index is 12.8. The van der Waals surface area contributed by atoms with Gasteiger partial charge in [0.25, 0.3) is 0 Å². The summed E-state index contributed by atoms with van der Waals surface area (Å²) < 4.78 is 25.8. The number of para-hydroxylation sites is 2. The number of H-pyrrole nitrogens is 1. The molecule has 0 saturated heterocycles. The molecule has 0 spiro atoms. The fourth-order valence-electron chi connectivity index (χ4n) is 3.29. The molecular formula is C21H25N3O3S. The van der Waals surface area contributed by atoms with Crippen LogP contribution in [0.2, 0.25) is 0 Å². The van der Waals surface area contributed by atoms with Crippen molar-refractivity contribution in [3.8, 4) is 0 Å². The van der Waals surface area contributed by atoms with Gasteiger partial charge in [0.15, 0.2) is 0 Å². The number of carbonyl (C=O) groups is 1. The molecule has 0 unspecified atom stereocenters. The van der Waals surface area contributed by atoms with Crippen molar-refractivity contribution in [2.45, 2.75) is 13.3 Å². The molecule has 6 nitrogen and oxygen atoms in total. The lowest BCUT2D eigenvalue weighted by Gasteiger charge is -2.25. The van der Waals surface area contributed by atoms with Gasteiger partial charge in [0, 0.05) is 35.9 Å². The van der Waals surface area contributed by atoms with E-state index in [4.69, 9.17) is 0 Å². The minimum Gasteiger partial charge on any atom is -0.361 e. The van der Waals surface area contributed by atoms with Crippen LogP contribution >= 0.6 is 0 Å². The van der Waals surface area contributed by atoms with E-state index >= 15 is 0 Å². The van der Waals surface area contributed by atoms with Crippen molar-refractivity contribution in [2.24, 2.45) is 0 Å². The molecule has 2 aromatic carbocycles. The lowest BCUT2D eigenvalue weighted by Crippen LogP contribution is -2.43. The number of hydrogen-bond donors (Lipinski definition) is 1. The van der Waals surface area contributed by atoms with Gasteiger partial charge in [0.1, 0.15) is 0 Å². The van der Waals surface area contributed by atoms with Crippen LogP contribution < -0.4 is 4.90 Å². The second kappa shape index (κ2) is 8.58. The molecule has 0 fully saturated rings. The summed E-state index contributed by atoms with van der Waals surface area (Å²) in [4.78, 5) is 17.6. The van der Waals surface area contributed by atoms with Crippen LogP contribution in [-0.4, -0.2) is 49.5 Å². The van der Waals surface area contributed by atoms with Crippen molar-refractivity contribution in [1.29, 1.82) is 0 Å². The summed E-state index contributed by atoms with van der Waals surface area (Å²) in [7, 11) is -3.51. The molecule has 1 amide bonds. The van der Waals surface area contributed by atoms with Gasteiger partial charge in [-0.15, -0.1) is 0 Å². The highest BCUT2D eigenvalue weighted by atomic mass is 32.2. The van der Waals surface area contributed by atoms with E-state index in [9.17, 15) is 13.2 Å². The zero-order valence-corrected chi connectivity index (χ0v) is 16.9. The summed E-state index contributed by atoms with van der Waals surface area (Å²) in [6, 6.07) is 17.2. The Bertz CT molecular complexity index is 1040. The van der Waals surface area contributed by atoms with Crippen LogP contribution in [-0.2, 0) is 21.2 Å². The second-order valence-electron chi connectivity index (χ2n) is 6.68. The highest BCUT2D eigenvalue weighted by Crippen LogP contribution is 2.19. The zero-order valence-electron chi connectivity index (χ0n) is 16.1. The molecule has 0 aliphatic carbocycles. The van der Waals surface area contributed by atoms with Crippen LogP contribution in [0.1, 0.15) is 12.5 Å². The lowest BCUT2D eigenvalue weighted by molar-refractivity contribution is -0.118. The van der Waals surface area contributed by atoms with E-state index in [0.29, 0.717) is 13.0 Å². The van der Waals surface area contributed by atoms with Crippen molar-refractivity contribution >= 4 is 32.5 Å². The first kappa shape index (κ1) is 20.1. The first-order valence-corrected chi connectivity index (χ1v) is 11.1. The number of benzene rings is 2. The molecular weight excluding hydrogens is 374 g/mol. The number of nitrogens with one attached hydrogen (secondary N) is 1. The van der Waals surface area contributed by atoms with Gasteiger partial charge in [-0.25, -0.2) is 8.42 Å². The number of rotatable bonds is 8. The summed E-state index contributed by atoms with van der Waals surface area (Å²) in [5.41, 5.74) is 2.81. The van der Waals surface area contributed by atoms with Crippen LogP contribution in [0.25, 0.3) is 10.9 Å². The van der Waals surface area contributed by atoms with Gasteiger partial charge in [-0.1, -0.05) is 36.4 Å². The third-order valence-electron chi connectivity index (χ3n) is 4.77. The van der Waals surface area contributed by atoms with Gasteiger partial charge in [-0.05, 0) is 37.1 Å². The maximum absolute atomic E-state index is 12.8. The van der Waals surface area contributed by atoms with Crippen LogP contribution in [0.4, 0.5) is 5.69 Å². The number of likely N-dealkylation sites (N-methyl/N-ethyl adjacent to an activating group) is 1. The number of sulfonamides is 1. The summed E-state index contributed by atoms with van der Waals surface area (Å²) in [6.45, 7) is 2.42. The fourth-order valence-corrected chi connectivity index (χ4v) is 4.06. The average Bonchev–Trinajstić information content (AvgIpc) is 3.09. The molecule has 0 atom stereocenters. The largest absolute Gasteiger partial charge is 0.361 e. The number of carbonyl (C=O) groups excluding carboxylic acids is 1. The summed E-state index contributed by atoms with van der Waals surface area (Å²) in [5, 5.41) is 1.07. The summed E-state index contributed by atoms with van der Waals surface area (Å²) >= 11 is 0. The van der Waals surface area contributed by atoms with Gasteiger partial charge < -0.3 is 9.88 Å². The Labute approximate surface area is 165 Å². The molecule has 1 aromatic heterocycles. The second-order valence-corrected chi connectivity index (χ2v) is 8.66. The number of hydrogen-bond acceptors (Lipinski definition) is 3. The van der Waals surface area contributed by atoms with Crippen LogP contribution in [0, 0.1) is 0 Å². The highest BCUT2D eigenvalue weighted by Gasteiger charge is 2.24. The van der Waals surface area contributed by atoms with E-state index in [2.05, 4.69) is 4.98 Å². The number of aromatic nitrogens is 1. The number of aromatic amines is 1. The molecule has 0 aliphatic rings. The normalized spacial score (nSPS) is 11.8. The third kappa shape index (κ3) is 4.61. The quantitative estimate of drug-likeness (QED) is 0.633. The molecule has 1 heterocycles. The van der Waals surface area contributed by atoms with Crippen LogP contribution in [0.15, 0.2) is 60.8 Å². The smallest absolute Gasteiger partial charge is 0.242 e. The van der Waals surface area contributed by atoms with Gasteiger partial charge in [-0.3, -0.25) is 4.79 Å². The van der Waals surface area contributed by atoms with Gasteiger partial charge >= 0.3 is 0 Å². The Balaban J connectivity index is 1.74. The standard InChI is InChI=1S/C21H25N3O3S/c1-3-24(18-9-5-4-6-10-18)21(25)16-23(28(2,26)27)14-13-17-15-22-20-12-8-7-11-19(17)20/h4-12,15,22H,3,13-14,16H2,1-2H3. The van der Waals surface area contributed by atoms with Gasteiger partial charge in [0.05, 0.1) is 12.8 Å². The Hall–Kier alpha value is -2.64. The van der Waals surface area contributed by atoms with E-state index in [1.165, 1.54) is 4.31 Å². The third-order valence-corrected chi connectivity index (χ3v) is 6.02. The minimum atomic E-state index is -3.51. The molecule has 0 radical (unpaired) electrons. The van der Waals surface area contributed by atoms with Crippen molar-refractivity contribution in [3.05, 3.63) is 66.4 Å². The Morgan fingerprint density at radius 3 is 2.39 bits per heavy atom. The molecule has 7 heteroatoms. The fraction of sp³-hybridized carbons (Fsp3) is 0.286. The van der Waals surface area contributed by atoms with Crippen molar-refractivity contribution < 1.29 is 13.2 Å². The highest BCUT2D eigenvalue weighted by molar-refractivity contribution is 7.88. The van der Waals surface area contributed by atoms with Crippen molar-refractivity contribution in [2.75, 3.05) is 30.8 Å². The van der Waals surface area contributed by atoms with Crippen molar-refractivity contribution in [1.82, 2.24) is 9.29 Å². The van der Waals surface area contributed by atoms with Crippen molar-refractivity contribution in [3.63, 3.8) is 0 Å². The first-order chi connectivity index (χ1) is 13.4. The molecule has 3 aromatic rings. The maximum Gasteiger partial charge on any atom is 0.242 e. The topological polar surface area (TPSA) is 73.5 Å². The van der Waals surface area contributed by atoms with E-state index in [-0.39, 0.29) is 19.0 Å². The van der Waals surface area contributed by atoms with Crippen LogP contribution in [0.3, 0.4) is 0 Å². The summed E-state index contributed by atoms with van der Waals surface area (Å²) in [6.07, 6.45) is 3.57. The molecule has 1 N–H and O–H groups in total. The number of amides is 1. The molecule has 0 aliphatic heterocycles. The Morgan fingerprint density at radius 1 is 1.04 bits per heavy atom. The van der Waals surface area contributed by atoms with E-state index in [0.717, 1.165) is 28.4 Å². The lowest BCUT2D eigenvalue weighted by atomic mass is 10.1. The number of anilines is 1. The predicted octanol–water partition coefficient (Wildman–Crippen LogP) is 3.03. The Kier molecular flexibility index (Phi) is 6.16. The van der Waals surface area contributed by atoms with E-state index < -0.39 is 10.0 Å². The Morgan fingerprint density at radius 2 is 1.71 bits per heavy atom. The predicted molar refractivity (Wildman–Crippen MR) is 113 cm³/mol. The molecule has 0 saturated carbocycles. The molecule has 3 rings (SSSR count). The first-order valence-electron chi connectivity index (χ1n) is 9.25. The average molecular weight is 400 g/mol. The van der Waals surface area contributed by atoms with Crippen LogP contribution in [0.5, 0.6) is 0 Å². The number of nitrogens with zero attached hydrogens (tertiary/aromatic N) is 2. The minimum absolute atomic E-state index is 0.177. The SMILES string of the molecule is CCN(C(=O)CN(CCc1c[nH]c2ccccc12)S(C)(=O)=O)c1ccccc1. The molecule has 28 heavy (non-hydrogen) atoms. The summed E-state index contributed by atoms with van der Waals surface area (Å²) in [5.74, 6) is -0.238. The van der Waals surface area contributed by atoms with E-state index in [1.807, 2.05) is 67.7 Å². The number of fused-ring (bicyclic) bond motifs is 1. The van der Waals surface area contributed by atoms with Gasteiger partial charge in [-0.2, -0.15) is 4.31 Å². The molecule has 0 bridgehead atoms. The monoisotopic (exact) mass is 399 g/mol. The zero-order chi connectivity index (χ0) is 20.1. The molecule has 148 valence electrons. The van der Waals surface area contributed by atoms with Gasteiger partial charge in [0.2, 0.25) is 15.9 Å².